The van der Waals surface area contributed by atoms with Crippen LogP contribution in [0.2, 0.25) is 18.1 Å². The van der Waals surface area contributed by atoms with Gasteiger partial charge in [-0.25, -0.2) is 0 Å². The van der Waals surface area contributed by atoms with Crippen molar-refractivity contribution in [1.29, 1.82) is 0 Å². The molecule has 0 spiro atoms. The second-order valence-corrected chi connectivity index (χ2v) is 17.7. The normalized spacial score (nSPS) is 32.5. The summed E-state index contributed by atoms with van der Waals surface area (Å²) in [4.78, 5) is 13.2. The molecule has 0 radical (unpaired) electrons. The number of carbonyl (C=O) groups excluding carboxylic acids is 1. The topological polar surface area (TPSA) is 63.2 Å². The maximum absolute atomic E-state index is 13.2. The van der Waals surface area contributed by atoms with Crippen LogP contribution in [0.3, 0.4) is 0 Å². The molecule has 38 heavy (non-hydrogen) atoms. The molecule has 2 heterocycles. The number of hydrogen-bond acceptors (Lipinski definition) is 6. The van der Waals surface area contributed by atoms with Crippen LogP contribution in [0, 0.1) is 5.92 Å². The van der Waals surface area contributed by atoms with Crippen molar-refractivity contribution in [2.75, 3.05) is 7.11 Å². The fourth-order valence-corrected chi connectivity index (χ4v) is 6.39. The van der Waals surface area contributed by atoms with Crippen LogP contribution in [-0.2, 0) is 23.4 Å². The molecule has 0 bridgehead atoms. The number of ether oxygens (including phenoxy) is 4. The fourth-order valence-electron chi connectivity index (χ4n) is 4.65. The molecule has 1 aromatic rings. The van der Waals surface area contributed by atoms with Crippen molar-refractivity contribution in [3.63, 3.8) is 0 Å². The van der Waals surface area contributed by atoms with Crippen molar-refractivity contribution in [2.45, 2.75) is 109 Å². The third-order valence-electron chi connectivity index (χ3n) is 8.21. The SMILES string of the molecule is COc1ccc(C2O[C@H]3/C=C/[C@@H](C)[C@H](/C(C)=C/I)OC(=O)C[C@H](O[Si](C)(C)C(C)(C)C)CC[C@@]3(C)O2)cc1. The zero-order valence-electron chi connectivity index (χ0n) is 24.4. The Morgan fingerprint density at radius 3 is 2.42 bits per heavy atom. The molecule has 8 heteroatoms. The van der Waals surface area contributed by atoms with Gasteiger partial charge in [-0.3, -0.25) is 4.79 Å². The summed E-state index contributed by atoms with van der Waals surface area (Å²) in [6, 6.07) is 7.80. The van der Waals surface area contributed by atoms with E-state index in [1.165, 1.54) is 0 Å². The summed E-state index contributed by atoms with van der Waals surface area (Å²) in [7, 11) is -0.468. The summed E-state index contributed by atoms with van der Waals surface area (Å²) in [6.45, 7) is 17.3. The van der Waals surface area contributed by atoms with Gasteiger partial charge in [-0.1, -0.05) is 74.6 Å². The van der Waals surface area contributed by atoms with Crippen molar-refractivity contribution in [2.24, 2.45) is 5.92 Å². The Balaban J connectivity index is 1.96. The quantitative estimate of drug-likeness (QED) is 0.139. The van der Waals surface area contributed by atoms with Crippen LogP contribution in [0.5, 0.6) is 5.75 Å². The smallest absolute Gasteiger partial charge is 0.308 e. The van der Waals surface area contributed by atoms with Gasteiger partial charge >= 0.3 is 5.97 Å². The van der Waals surface area contributed by atoms with Crippen molar-refractivity contribution in [3.8, 4) is 5.75 Å². The van der Waals surface area contributed by atoms with E-state index in [4.69, 9.17) is 23.4 Å². The van der Waals surface area contributed by atoms with E-state index in [1.807, 2.05) is 35.3 Å². The highest BCUT2D eigenvalue weighted by atomic mass is 127. The number of hydrogen-bond donors (Lipinski definition) is 0. The molecule has 1 fully saturated rings. The number of halogens is 1. The largest absolute Gasteiger partial charge is 0.497 e. The standard InChI is InChI=1S/C30H45IO6Si/c1-20-10-15-25-30(6,36-28(34-25)22-11-13-23(33-7)14-12-22)17-16-24(37-38(8,9)29(3,4)5)18-26(32)35-27(20)21(2)19-31/h10-15,19-20,24-25,27-28H,16-18H2,1-9H3/b15-10+,21-19+/t20-,24-,25+,27-,28?,30-/m1/s1. The fraction of sp³-hybridized carbons (Fsp3) is 0.633. The molecule has 0 aliphatic carbocycles. The molecular formula is C30H45IO6Si. The Labute approximate surface area is 243 Å². The zero-order chi connectivity index (χ0) is 28.3. The van der Waals surface area contributed by atoms with Crippen molar-refractivity contribution in [1.82, 2.24) is 0 Å². The van der Waals surface area contributed by atoms with Gasteiger partial charge in [-0.2, -0.15) is 0 Å². The van der Waals surface area contributed by atoms with Crippen molar-refractivity contribution in [3.05, 3.63) is 51.6 Å². The number of rotatable bonds is 5. The van der Waals surface area contributed by atoms with Gasteiger partial charge in [-0.05, 0) is 66.6 Å². The van der Waals surface area contributed by atoms with Crippen LogP contribution in [0.4, 0.5) is 0 Å². The van der Waals surface area contributed by atoms with E-state index in [1.54, 1.807) is 7.11 Å². The van der Waals surface area contributed by atoms with Crippen LogP contribution < -0.4 is 4.74 Å². The van der Waals surface area contributed by atoms with Crippen LogP contribution >= 0.6 is 22.6 Å². The first-order valence-electron chi connectivity index (χ1n) is 13.5. The first-order valence-corrected chi connectivity index (χ1v) is 17.6. The summed E-state index contributed by atoms with van der Waals surface area (Å²) < 4.78 is 33.3. The van der Waals surface area contributed by atoms with Gasteiger partial charge in [0, 0.05) is 11.5 Å². The minimum absolute atomic E-state index is 0.0276. The molecule has 0 aromatic heterocycles. The molecule has 0 amide bonds. The van der Waals surface area contributed by atoms with E-state index in [0.717, 1.165) is 16.9 Å². The Hall–Kier alpha value is -1.20. The van der Waals surface area contributed by atoms with E-state index in [-0.39, 0.29) is 41.7 Å². The predicted molar refractivity (Wildman–Crippen MR) is 162 cm³/mol. The zero-order valence-corrected chi connectivity index (χ0v) is 27.5. The summed E-state index contributed by atoms with van der Waals surface area (Å²) >= 11 is 2.21. The molecule has 6 nitrogen and oxygen atoms in total. The predicted octanol–water partition coefficient (Wildman–Crippen LogP) is 7.89. The van der Waals surface area contributed by atoms with E-state index in [9.17, 15) is 4.79 Å². The van der Waals surface area contributed by atoms with E-state index < -0.39 is 20.2 Å². The Morgan fingerprint density at radius 2 is 1.84 bits per heavy atom. The molecule has 212 valence electrons. The van der Waals surface area contributed by atoms with E-state index >= 15 is 0 Å². The van der Waals surface area contributed by atoms with Crippen molar-refractivity contribution < 1.29 is 28.2 Å². The van der Waals surface area contributed by atoms with Gasteiger partial charge in [0.2, 0.25) is 0 Å². The summed E-state index contributed by atoms with van der Waals surface area (Å²) in [5, 5.41) is 0.0276. The van der Waals surface area contributed by atoms with Gasteiger partial charge in [0.1, 0.15) is 18.0 Å². The Kier molecular flexibility index (Phi) is 10.3. The highest BCUT2D eigenvalue weighted by molar-refractivity contribution is 14.1. The van der Waals surface area contributed by atoms with Gasteiger partial charge in [0.15, 0.2) is 14.6 Å². The Morgan fingerprint density at radius 1 is 1.18 bits per heavy atom. The highest BCUT2D eigenvalue weighted by Gasteiger charge is 2.47. The average molecular weight is 657 g/mol. The Bertz CT molecular complexity index is 1010. The number of carbonyl (C=O) groups is 1. The number of esters is 1. The first kappa shape index (κ1) is 31.3. The van der Waals surface area contributed by atoms with Gasteiger partial charge < -0.3 is 23.4 Å². The highest BCUT2D eigenvalue weighted by Crippen LogP contribution is 2.44. The van der Waals surface area contributed by atoms with Crippen LogP contribution in [-0.4, -0.2) is 45.3 Å². The number of methoxy groups -OCH3 is 1. The molecule has 3 rings (SSSR count). The summed E-state index contributed by atoms with van der Waals surface area (Å²) in [6.07, 6.45) is 4.39. The molecule has 2 aliphatic heterocycles. The van der Waals surface area contributed by atoms with Gasteiger partial charge in [-0.15, -0.1) is 0 Å². The lowest BCUT2D eigenvalue weighted by Gasteiger charge is -2.40. The molecule has 1 aromatic carbocycles. The third-order valence-corrected chi connectivity index (χ3v) is 13.7. The minimum atomic E-state index is -2.12. The molecule has 0 N–H and O–H groups in total. The summed E-state index contributed by atoms with van der Waals surface area (Å²) in [5.41, 5.74) is 1.37. The number of benzene rings is 1. The summed E-state index contributed by atoms with van der Waals surface area (Å²) in [5.74, 6) is 0.536. The van der Waals surface area contributed by atoms with E-state index in [0.29, 0.717) is 12.8 Å². The third kappa shape index (κ3) is 7.50. The second-order valence-electron chi connectivity index (χ2n) is 12.3. The lowest BCUT2D eigenvalue weighted by atomic mass is 9.89. The minimum Gasteiger partial charge on any atom is -0.497 e. The van der Waals surface area contributed by atoms with E-state index in [2.05, 4.69) is 82.5 Å². The van der Waals surface area contributed by atoms with Crippen LogP contribution in [0.1, 0.15) is 72.7 Å². The number of cyclic esters (lactones) is 1. The molecule has 2 aliphatic rings. The van der Waals surface area contributed by atoms with Gasteiger partial charge in [0.25, 0.3) is 0 Å². The van der Waals surface area contributed by atoms with Crippen molar-refractivity contribution >= 4 is 36.9 Å². The van der Waals surface area contributed by atoms with Crippen LogP contribution in [0.15, 0.2) is 46.1 Å². The molecular weight excluding hydrogens is 611 g/mol. The monoisotopic (exact) mass is 656 g/mol. The maximum atomic E-state index is 13.2. The second kappa shape index (κ2) is 12.5. The lowest BCUT2D eigenvalue weighted by Crippen LogP contribution is -2.45. The number of fused-ring (bicyclic) bond motifs is 1. The molecule has 0 saturated carbocycles. The average Bonchev–Trinajstić information content (AvgIpc) is 3.19. The molecule has 1 saturated heterocycles. The van der Waals surface area contributed by atoms with Gasteiger partial charge in [0.05, 0.1) is 25.2 Å². The first-order chi connectivity index (χ1) is 17.7. The van der Waals surface area contributed by atoms with Crippen LogP contribution in [0.25, 0.3) is 0 Å². The molecule has 6 atom stereocenters. The lowest BCUT2D eigenvalue weighted by molar-refractivity contribution is -0.151. The maximum Gasteiger partial charge on any atom is 0.308 e. The molecule has 1 unspecified atom stereocenters.